The van der Waals surface area contributed by atoms with Crippen molar-refractivity contribution in [2.45, 2.75) is 32.2 Å². The molecule has 0 unspecified atom stereocenters. The number of benzene rings is 2. The fourth-order valence-corrected chi connectivity index (χ4v) is 3.95. The number of amides is 1. The Morgan fingerprint density at radius 2 is 1.83 bits per heavy atom. The third-order valence-electron chi connectivity index (χ3n) is 5.36. The van der Waals surface area contributed by atoms with Crippen LogP contribution >= 0.6 is 0 Å². The van der Waals surface area contributed by atoms with Crippen LogP contribution < -0.4 is 0 Å². The van der Waals surface area contributed by atoms with Gasteiger partial charge in [-0.05, 0) is 66.8 Å². The first-order chi connectivity index (χ1) is 14.0. The molecule has 1 aliphatic heterocycles. The zero-order valence-corrected chi connectivity index (χ0v) is 16.2. The molecule has 1 aliphatic rings. The first-order valence-electron chi connectivity index (χ1n) is 9.78. The zero-order chi connectivity index (χ0) is 20.4. The minimum Gasteiger partial charge on any atom is -0.334 e. The van der Waals surface area contributed by atoms with Crippen LogP contribution in [0.25, 0.3) is 11.1 Å². The van der Waals surface area contributed by atoms with Crippen molar-refractivity contribution < 1.29 is 13.6 Å². The lowest BCUT2D eigenvalue weighted by molar-refractivity contribution is -0.131. The van der Waals surface area contributed by atoms with Crippen LogP contribution in [-0.4, -0.2) is 22.3 Å². The van der Waals surface area contributed by atoms with Gasteiger partial charge in [0.2, 0.25) is 5.91 Å². The Kier molecular flexibility index (Phi) is 5.38. The molecule has 0 saturated carbocycles. The number of pyridine rings is 1. The van der Waals surface area contributed by atoms with Crippen LogP contribution in [0.3, 0.4) is 0 Å². The largest absolute Gasteiger partial charge is 0.334 e. The van der Waals surface area contributed by atoms with Gasteiger partial charge in [-0.15, -0.1) is 0 Å². The maximum Gasteiger partial charge on any atom is 0.227 e. The Hall–Kier alpha value is -3.08. The predicted octanol–water partition coefficient (Wildman–Crippen LogP) is 5.24. The fraction of sp³-hybridized carbons (Fsp3) is 0.250. The van der Waals surface area contributed by atoms with Crippen molar-refractivity contribution in [2.24, 2.45) is 0 Å². The standard InChI is InChI=1S/C24H22F2N2O/c1-16-13-19(17-8-10-20(25)11-9-17)14-22(27-16)23-7-4-12-28(23)24(29)15-18-5-2-3-6-21(18)26/h2-3,5-6,8-11,13-14,23H,4,7,12,15H2,1H3/t23-/m1/s1. The quantitative estimate of drug-likeness (QED) is 0.608. The first kappa shape index (κ1) is 19.2. The van der Waals surface area contributed by atoms with E-state index in [1.54, 1.807) is 30.3 Å². The number of aromatic nitrogens is 1. The highest BCUT2D eigenvalue weighted by molar-refractivity contribution is 5.79. The molecule has 148 valence electrons. The monoisotopic (exact) mass is 392 g/mol. The number of nitrogens with zero attached hydrogens (tertiary/aromatic N) is 2. The molecule has 2 aromatic carbocycles. The molecule has 5 heteroatoms. The summed E-state index contributed by atoms with van der Waals surface area (Å²) >= 11 is 0. The number of rotatable bonds is 4. The van der Waals surface area contributed by atoms with E-state index >= 15 is 0 Å². The van der Waals surface area contributed by atoms with Gasteiger partial charge in [-0.2, -0.15) is 0 Å². The summed E-state index contributed by atoms with van der Waals surface area (Å²) in [6.45, 7) is 2.55. The molecule has 29 heavy (non-hydrogen) atoms. The topological polar surface area (TPSA) is 33.2 Å². The van der Waals surface area contributed by atoms with Crippen molar-refractivity contribution in [1.82, 2.24) is 9.88 Å². The van der Waals surface area contributed by atoms with Gasteiger partial charge in [0.25, 0.3) is 0 Å². The van der Waals surface area contributed by atoms with Crippen LogP contribution in [0.5, 0.6) is 0 Å². The van der Waals surface area contributed by atoms with Gasteiger partial charge < -0.3 is 4.90 Å². The number of carbonyl (C=O) groups is 1. The molecular formula is C24H22F2N2O. The van der Waals surface area contributed by atoms with Crippen molar-refractivity contribution in [3.8, 4) is 11.1 Å². The molecule has 0 radical (unpaired) electrons. The van der Waals surface area contributed by atoms with Crippen LogP contribution in [0, 0.1) is 18.6 Å². The minimum atomic E-state index is -0.358. The summed E-state index contributed by atoms with van der Waals surface area (Å²) in [6.07, 6.45) is 1.75. The fourth-order valence-electron chi connectivity index (χ4n) is 3.95. The molecule has 2 heterocycles. The van der Waals surface area contributed by atoms with Gasteiger partial charge in [0.05, 0.1) is 18.2 Å². The van der Waals surface area contributed by atoms with Gasteiger partial charge >= 0.3 is 0 Å². The van der Waals surface area contributed by atoms with E-state index in [1.807, 2.05) is 24.0 Å². The van der Waals surface area contributed by atoms with Gasteiger partial charge in [-0.3, -0.25) is 9.78 Å². The van der Waals surface area contributed by atoms with Crippen molar-refractivity contribution >= 4 is 5.91 Å². The van der Waals surface area contributed by atoms with E-state index in [4.69, 9.17) is 0 Å². The highest BCUT2D eigenvalue weighted by Crippen LogP contribution is 2.34. The first-order valence-corrected chi connectivity index (χ1v) is 9.78. The van der Waals surface area contributed by atoms with E-state index in [9.17, 15) is 13.6 Å². The van der Waals surface area contributed by atoms with Crippen LogP contribution in [0.4, 0.5) is 8.78 Å². The molecule has 4 rings (SSSR count). The highest BCUT2D eigenvalue weighted by Gasteiger charge is 2.31. The number of hydrogen-bond donors (Lipinski definition) is 0. The summed E-state index contributed by atoms with van der Waals surface area (Å²) in [7, 11) is 0. The second-order valence-corrected chi connectivity index (χ2v) is 7.44. The van der Waals surface area contributed by atoms with Gasteiger partial charge in [-0.25, -0.2) is 8.78 Å². The normalized spacial score (nSPS) is 16.2. The van der Waals surface area contributed by atoms with Gasteiger partial charge in [-0.1, -0.05) is 30.3 Å². The van der Waals surface area contributed by atoms with E-state index < -0.39 is 0 Å². The molecular weight excluding hydrogens is 370 g/mol. The Balaban J connectivity index is 1.61. The van der Waals surface area contributed by atoms with Crippen molar-refractivity contribution in [2.75, 3.05) is 6.54 Å². The minimum absolute atomic E-state index is 0.0415. The molecule has 0 N–H and O–H groups in total. The highest BCUT2D eigenvalue weighted by atomic mass is 19.1. The summed E-state index contributed by atoms with van der Waals surface area (Å²) < 4.78 is 27.2. The summed E-state index contributed by atoms with van der Waals surface area (Å²) in [4.78, 5) is 19.4. The second-order valence-electron chi connectivity index (χ2n) is 7.44. The smallest absolute Gasteiger partial charge is 0.227 e. The Morgan fingerprint density at radius 3 is 2.59 bits per heavy atom. The van der Waals surface area contributed by atoms with E-state index in [0.29, 0.717) is 12.1 Å². The third-order valence-corrected chi connectivity index (χ3v) is 5.36. The number of likely N-dealkylation sites (tertiary alicyclic amines) is 1. The van der Waals surface area contributed by atoms with E-state index in [2.05, 4.69) is 4.98 Å². The van der Waals surface area contributed by atoms with Crippen LogP contribution in [-0.2, 0) is 11.2 Å². The average molecular weight is 392 g/mol. The van der Waals surface area contributed by atoms with Crippen molar-refractivity contribution in [3.05, 3.63) is 89.2 Å². The average Bonchev–Trinajstić information content (AvgIpc) is 3.20. The van der Waals surface area contributed by atoms with Crippen molar-refractivity contribution in [3.63, 3.8) is 0 Å². The predicted molar refractivity (Wildman–Crippen MR) is 108 cm³/mol. The number of hydrogen-bond acceptors (Lipinski definition) is 2. The lowest BCUT2D eigenvalue weighted by Crippen LogP contribution is -2.32. The van der Waals surface area contributed by atoms with Gasteiger partial charge in [0.1, 0.15) is 11.6 Å². The number of aryl methyl sites for hydroxylation is 1. The Labute approximate surface area is 169 Å². The number of carbonyl (C=O) groups excluding carboxylic acids is 1. The lowest BCUT2D eigenvalue weighted by atomic mass is 10.0. The number of halogens is 2. The molecule has 3 nitrogen and oxygen atoms in total. The van der Waals surface area contributed by atoms with E-state index in [0.717, 1.165) is 35.4 Å². The SMILES string of the molecule is Cc1cc(-c2ccc(F)cc2)cc([C@H]2CCCN2C(=O)Cc2ccccc2F)n1. The summed E-state index contributed by atoms with van der Waals surface area (Å²) in [5, 5.41) is 0. The maximum atomic E-state index is 14.0. The Morgan fingerprint density at radius 1 is 1.07 bits per heavy atom. The van der Waals surface area contributed by atoms with Gasteiger partial charge in [0, 0.05) is 12.2 Å². The Bertz CT molecular complexity index is 1030. The summed E-state index contributed by atoms with van der Waals surface area (Å²) in [6, 6.07) is 16.5. The molecule has 1 amide bonds. The maximum absolute atomic E-state index is 14.0. The molecule has 0 aliphatic carbocycles. The van der Waals surface area contributed by atoms with Crippen LogP contribution in [0.1, 0.15) is 35.8 Å². The molecule has 0 bridgehead atoms. The molecule has 0 spiro atoms. The lowest BCUT2D eigenvalue weighted by Gasteiger charge is -2.25. The van der Waals surface area contributed by atoms with Crippen molar-refractivity contribution in [1.29, 1.82) is 0 Å². The summed E-state index contributed by atoms with van der Waals surface area (Å²) in [5.74, 6) is -0.728. The van der Waals surface area contributed by atoms with Gasteiger partial charge in [0.15, 0.2) is 0 Å². The van der Waals surface area contributed by atoms with E-state index in [-0.39, 0.29) is 30.0 Å². The molecule has 3 aromatic rings. The second kappa shape index (κ2) is 8.11. The van der Waals surface area contributed by atoms with Crippen LogP contribution in [0.2, 0.25) is 0 Å². The third kappa shape index (κ3) is 4.19. The molecule has 1 aromatic heterocycles. The zero-order valence-electron chi connectivity index (χ0n) is 16.2. The molecule has 1 saturated heterocycles. The molecule has 1 atom stereocenters. The summed E-state index contributed by atoms with van der Waals surface area (Å²) in [5.41, 5.74) is 3.92. The van der Waals surface area contributed by atoms with E-state index in [1.165, 1.54) is 18.2 Å². The van der Waals surface area contributed by atoms with Crippen LogP contribution in [0.15, 0.2) is 60.7 Å². The molecule has 1 fully saturated rings.